The van der Waals surface area contributed by atoms with Crippen molar-refractivity contribution in [2.24, 2.45) is 0 Å². The van der Waals surface area contributed by atoms with Crippen LogP contribution in [0, 0.1) is 13.8 Å². The molecule has 1 unspecified atom stereocenters. The molecular formula is C12H14N4S. The van der Waals surface area contributed by atoms with E-state index in [9.17, 15) is 0 Å². The van der Waals surface area contributed by atoms with E-state index in [4.69, 9.17) is 0 Å². The van der Waals surface area contributed by atoms with Gasteiger partial charge in [-0.1, -0.05) is 17.7 Å². The summed E-state index contributed by atoms with van der Waals surface area (Å²) in [6, 6.07) is 10.4. The minimum atomic E-state index is 0.140. The van der Waals surface area contributed by atoms with Crippen molar-refractivity contribution < 1.29 is 0 Å². The van der Waals surface area contributed by atoms with Crippen LogP contribution in [-0.2, 0) is 0 Å². The van der Waals surface area contributed by atoms with E-state index in [1.54, 1.807) is 11.9 Å². The minimum Gasteiger partial charge on any atom is -0.355 e. The maximum absolute atomic E-state index is 4.37. The SMILES string of the molecule is Cc1ccc(NC2Nc3cc(C)nn3S2)cc1. The van der Waals surface area contributed by atoms with Crippen LogP contribution in [0.5, 0.6) is 0 Å². The highest BCUT2D eigenvalue weighted by molar-refractivity contribution is 7.98. The van der Waals surface area contributed by atoms with Gasteiger partial charge in [-0.2, -0.15) is 9.19 Å². The summed E-state index contributed by atoms with van der Waals surface area (Å²) in [5, 5.41) is 11.2. The molecule has 1 aromatic carbocycles. The summed E-state index contributed by atoms with van der Waals surface area (Å²) < 4.78 is 1.92. The van der Waals surface area contributed by atoms with E-state index in [1.165, 1.54) is 5.56 Å². The number of hydrogen-bond acceptors (Lipinski definition) is 4. The fourth-order valence-corrected chi connectivity index (χ4v) is 2.74. The summed E-state index contributed by atoms with van der Waals surface area (Å²) >= 11 is 1.64. The van der Waals surface area contributed by atoms with Crippen molar-refractivity contribution in [3.05, 3.63) is 41.6 Å². The summed E-state index contributed by atoms with van der Waals surface area (Å²) in [5.41, 5.74) is 3.56. The first-order chi connectivity index (χ1) is 8.20. The molecule has 0 amide bonds. The lowest BCUT2D eigenvalue weighted by molar-refractivity contribution is 0.996. The number of nitrogens with one attached hydrogen (secondary N) is 2. The van der Waals surface area contributed by atoms with Gasteiger partial charge in [0.1, 0.15) is 5.82 Å². The zero-order valence-corrected chi connectivity index (χ0v) is 10.6. The molecule has 88 valence electrons. The molecule has 5 heteroatoms. The molecule has 0 spiro atoms. The number of anilines is 2. The number of nitrogens with zero attached hydrogens (tertiary/aromatic N) is 2. The third kappa shape index (κ3) is 2.10. The van der Waals surface area contributed by atoms with Gasteiger partial charge >= 0.3 is 0 Å². The average Bonchev–Trinajstić information content (AvgIpc) is 2.78. The Bertz CT molecular complexity index is 508. The molecular weight excluding hydrogens is 232 g/mol. The van der Waals surface area contributed by atoms with Crippen LogP contribution in [-0.4, -0.2) is 14.7 Å². The van der Waals surface area contributed by atoms with E-state index in [0.29, 0.717) is 0 Å². The Balaban J connectivity index is 1.69. The number of aromatic nitrogens is 2. The summed E-state index contributed by atoms with van der Waals surface area (Å²) in [7, 11) is 0. The first kappa shape index (κ1) is 10.5. The van der Waals surface area contributed by atoms with Crippen molar-refractivity contribution in [1.29, 1.82) is 0 Å². The van der Waals surface area contributed by atoms with Crippen molar-refractivity contribution in [3.8, 4) is 0 Å². The Morgan fingerprint density at radius 1 is 1.29 bits per heavy atom. The van der Waals surface area contributed by atoms with Crippen LogP contribution in [0.4, 0.5) is 11.5 Å². The van der Waals surface area contributed by atoms with Crippen molar-refractivity contribution >= 4 is 23.5 Å². The Hall–Kier alpha value is -1.62. The van der Waals surface area contributed by atoms with Gasteiger partial charge in [-0.25, -0.2) is 0 Å². The maximum atomic E-state index is 4.37. The lowest BCUT2D eigenvalue weighted by atomic mass is 10.2. The zero-order valence-electron chi connectivity index (χ0n) is 9.77. The van der Waals surface area contributed by atoms with Gasteiger partial charge in [-0.3, -0.25) is 0 Å². The monoisotopic (exact) mass is 246 g/mol. The Labute approximate surface area is 105 Å². The summed E-state index contributed by atoms with van der Waals surface area (Å²) in [6.45, 7) is 4.08. The first-order valence-corrected chi connectivity index (χ1v) is 6.38. The quantitative estimate of drug-likeness (QED) is 0.855. The Kier molecular flexibility index (Phi) is 2.48. The first-order valence-electron chi connectivity index (χ1n) is 5.54. The van der Waals surface area contributed by atoms with Crippen LogP contribution in [0.2, 0.25) is 0 Å². The molecule has 1 atom stereocenters. The summed E-state index contributed by atoms with van der Waals surface area (Å²) in [6.07, 6.45) is 0. The molecule has 2 heterocycles. The highest BCUT2D eigenvalue weighted by Crippen LogP contribution is 2.30. The van der Waals surface area contributed by atoms with Crippen LogP contribution in [0.3, 0.4) is 0 Å². The van der Waals surface area contributed by atoms with E-state index in [2.05, 4.69) is 46.9 Å². The van der Waals surface area contributed by atoms with Crippen molar-refractivity contribution in [1.82, 2.24) is 9.19 Å². The van der Waals surface area contributed by atoms with Gasteiger partial charge in [0, 0.05) is 23.7 Å². The minimum absolute atomic E-state index is 0.140. The molecule has 3 rings (SSSR count). The van der Waals surface area contributed by atoms with Gasteiger partial charge in [0.2, 0.25) is 0 Å². The number of benzene rings is 1. The summed E-state index contributed by atoms with van der Waals surface area (Å²) in [4.78, 5) is 0. The van der Waals surface area contributed by atoms with E-state index in [-0.39, 0.29) is 5.50 Å². The molecule has 1 aromatic heterocycles. The smallest absolute Gasteiger partial charge is 0.168 e. The largest absolute Gasteiger partial charge is 0.355 e. The second-order valence-corrected chi connectivity index (χ2v) is 5.21. The second-order valence-electron chi connectivity index (χ2n) is 4.18. The highest BCUT2D eigenvalue weighted by atomic mass is 32.2. The molecule has 4 nitrogen and oxygen atoms in total. The molecule has 2 N–H and O–H groups in total. The third-order valence-electron chi connectivity index (χ3n) is 2.63. The molecule has 0 saturated carbocycles. The van der Waals surface area contributed by atoms with Crippen molar-refractivity contribution in [2.75, 3.05) is 10.6 Å². The lowest BCUT2D eigenvalue weighted by Crippen LogP contribution is -2.21. The molecule has 0 fully saturated rings. The molecule has 0 radical (unpaired) electrons. The number of fused-ring (bicyclic) bond motifs is 1. The zero-order chi connectivity index (χ0) is 11.8. The molecule has 0 saturated heterocycles. The third-order valence-corrected chi connectivity index (χ3v) is 3.56. The maximum Gasteiger partial charge on any atom is 0.168 e. The van der Waals surface area contributed by atoms with E-state index >= 15 is 0 Å². The van der Waals surface area contributed by atoms with Crippen LogP contribution >= 0.6 is 11.9 Å². The fourth-order valence-electron chi connectivity index (χ4n) is 1.78. The van der Waals surface area contributed by atoms with E-state index in [0.717, 1.165) is 17.2 Å². The number of hydrogen-bond donors (Lipinski definition) is 2. The topological polar surface area (TPSA) is 41.9 Å². The average molecular weight is 246 g/mol. The molecule has 0 bridgehead atoms. The van der Waals surface area contributed by atoms with Gasteiger partial charge in [-0.05, 0) is 26.0 Å². The van der Waals surface area contributed by atoms with Crippen LogP contribution in [0.1, 0.15) is 11.3 Å². The fraction of sp³-hybridized carbons (Fsp3) is 0.250. The van der Waals surface area contributed by atoms with E-state index in [1.807, 2.05) is 17.1 Å². The number of aryl methyl sites for hydroxylation is 2. The molecule has 17 heavy (non-hydrogen) atoms. The number of rotatable bonds is 2. The highest BCUT2D eigenvalue weighted by Gasteiger charge is 2.22. The van der Waals surface area contributed by atoms with E-state index < -0.39 is 0 Å². The van der Waals surface area contributed by atoms with Gasteiger partial charge in [0.25, 0.3) is 0 Å². The predicted octanol–water partition coefficient (Wildman–Crippen LogP) is 2.82. The predicted molar refractivity (Wildman–Crippen MR) is 72.2 cm³/mol. The normalized spacial score (nSPS) is 17.6. The van der Waals surface area contributed by atoms with Crippen LogP contribution in [0.15, 0.2) is 30.3 Å². The van der Waals surface area contributed by atoms with Gasteiger partial charge in [0.05, 0.1) is 5.69 Å². The molecule has 0 aliphatic carbocycles. The van der Waals surface area contributed by atoms with Gasteiger partial charge in [-0.15, -0.1) is 0 Å². The Morgan fingerprint density at radius 3 is 2.76 bits per heavy atom. The standard InChI is InChI=1S/C12H14N4S/c1-8-3-5-10(6-4-8)13-12-14-11-7-9(2)15-16(11)17-12/h3-7,12-14H,1-2H3. The van der Waals surface area contributed by atoms with Gasteiger partial charge < -0.3 is 10.6 Å². The lowest BCUT2D eigenvalue weighted by Gasteiger charge is -2.13. The van der Waals surface area contributed by atoms with Crippen LogP contribution in [0.25, 0.3) is 0 Å². The van der Waals surface area contributed by atoms with Crippen molar-refractivity contribution in [2.45, 2.75) is 19.3 Å². The summed E-state index contributed by atoms with van der Waals surface area (Å²) in [5.74, 6) is 1.05. The van der Waals surface area contributed by atoms with Crippen molar-refractivity contribution in [3.63, 3.8) is 0 Å². The van der Waals surface area contributed by atoms with Crippen LogP contribution < -0.4 is 10.6 Å². The molecule has 1 aliphatic heterocycles. The van der Waals surface area contributed by atoms with Gasteiger partial charge in [0.15, 0.2) is 5.50 Å². The second kappa shape index (κ2) is 4.00. The molecule has 1 aliphatic rings. The molecule has 2 aromatic rings. The Morgan fingerprint density at radius 2 is 2.06 bits per heavy atom.